The maximum atomic E-state index is 12.8. The fourth-order valence-electron chi connectivity index (χ4n) is 2.64. The highest BCUT2D eigenvalue weighted by Crippen LogP contribution is 2.50. The lowest BCUT2D eigenvalue weighted by atomic mass is 9.94. The van der Waals surface area contributed by atoms with E-state index in [1.165, 1.54) is 0 Å². The third kappa shape index (κ3) is 3.02. The predicted octanol–water partition coefficient (Wildman–Crippen LogP) is 3.99. The van der Waals surface area contributed by atoms with E-state index in [9.17, 15) is 4.79 Å². The number of carbonyl (C=O) groups excluding carboxylic acids is 1. The second-order valence-corrected chi connectivity index (χ2v) is 6.75. The van der Waals surface area contributed by atoms with Crippen LogP contribution < -0.4 is 0 Å². The van der Waals surface area contributed by atoms with Crippen LogP contribution in [0.2, 0.25) is 0 Å². The molecule has 0 saturated heterocycles. The summed E-state index contributed by atoms with van der Waals surface area (Å²) in [7, 11) is 0. The van der Waals surface area contributed by atoms with Crippen molar-refractivity contribution < 1.29 is 4.79 Å². The monoisotopic (exact) mass is 323 g/mol. The molecule has 2 nitrogen and oxygen atoms in total. The number of carbonyl (C=O) groups is 1. The Kier molecular flexibility index (Phi) is 4.34. The third-order valence-corrected chi connectivity index (χ3v) is 4.28. The van der Waals surface area contributed by atoms with Crippen LogP contribution >= 0.6 is 15.9 Å². The molecule has 1 amide bonds. The molecule has 0 spiro atoms. The van der Waals surface area contributed by atoms with Gasteiger partial charge in [0, 0.05) is 17.6 Å². The largest absolute Gasteiger partial charge is 0.342 e. The smallest absolute Gasteiger partial charge is 0.233 e. The Morgan fingerprint density at radius 2 is 2.11 bits per heavy atom. The van der Waals surface area contributed by atoms with Crippen molar-refractivity contribution in [1.29, 1.82) is 0 Å². The minimum absolute atomic E-state index is 0.241. The van der Waals surface area contributed by atoms with Gasteiger partial charge in [0.25, 0.3) is 0 Å². The lowest BCUT2D eigenvalue weighted by molar-refractivity contribution is -0.134. The van der Waals surface area contributed by atoms with Crippen molar-refractivity contribution in [2.45, 2.75) is 39.0 Å². The molecule has 2 rings (SSSR count). The maximum Gasteiger partial charge on any atom is 0.233 e. The molecule has 0 heterocycles. The lowest BCUT2D eigenvalue weighted by Gasteiger charge is -2.28. The Bertz CT molecular complexity index is 466. The predicted molar refractivity (Wildman–Crippen MR) is 82.1 cm³/mol. The van der Waals surface area contributed by atoms with Gasteiger partial charge in [0.15, 0.2) is 0 Å². The molecule has 0 radical (unpaired) electrons. The summed E-state index contributed by atoms with van der Waals surface area (Å²) >= 11 is 3.50. The summed E-state index contributed by atoms with van der Waals surface area (Å²) in [5, 5.41) is 0. The van der Waals surface area contributed by atoms with E-state index >= 15 is 0 Å². The van der Waals surface area contributed by atoms with Gasteiger partial charge in [-0.3, -0.25) is 4.79 Å². The van der Waals surface area contributed by atoms with Crippen molar-refractivity contribution in [3.8, 4) is 0 Å². The van der Waals surface area contributed by atoms with Gasteiger partial charge in [-0.15, -0.1) is 0 Å². The van der Waals surface area contributed by atoms with Crippen molar-refractivity contribution in [2.24, 2.45) is 5.92 Å². The molecular weight excluding hydrogens is 302 g/mol. The van der Waals surface area contributed by atoms with Gasteiger partial charge in [0.1, 0.15) is 0 Å². The van der Waals surface area contributed by atoms with Crippen molar-refractivity contribution in [3.63, 3.8) is 0 Å². The number of nitrogens with zero attached hydrogens (tertiary/aromatic N) is 1. The molecule has 1 aliphatic rings. The first-order valence-corrected chi connectivity index (χ1v) is 7.84. The zero-order chi connectivity index (χ0) is 14.0. The molecule has 1 fully saturated rings. The van der Waals surface area contributed by atoms with Crippen LogP contribution in [0.15, 0.2) is 28.7 Å². The first-order chi connectivity index (χ1) is 8.99. The second-order valence-electron chi connectivity index (χ2n) is 5.83. The zero-order valence-corrected chi connectivity index (χ0v) is 13.5. The van der Waals surface area contributed by atoms with Gasteiger partial charge in [-0.1, -0.05) is 41.9 Å². The minimum Gasteiger partial charge on any atom is -0.342 e. The molecule has 1 aliphatic carbocycles. The van der Waals surface area contributed by atoms with E-state index in [1.54, 1.807) is 0 Å². The lowest BCUT2D eigenvalue weighted by Crippen LogP contribution is -2.41. The number of hydrogen-bond donors (Lipinski definition) is 0. The van der Waals surface area contributed by atoms with Crippen molar-refractivity contribution >= 4 is 21.8 Å². The zero-order valence-electron chi connectivity index (χ0n) is 11.9. The van der Waals surface area contributed by atoms with Gasteiger partial charge in [0.2, 0.25) is 5.91 Å². The first-order valence-electron chi connectivity index (χ1n) is 7.05. The average molecular weight is 324 g/mol. The Morgan fingerprint density at radius 1 is 1.42 bits per heavy atom. The molecule has 3 heteroatoms. The van der Waals surface area contributed by atoms with Crippen LogP contribution in [0, 0.1) is 5.92 Å². The van der Waals surface area contributed by atoms with Crippen LogP contribution in [0.5, 0.6) is 0 Å². The summed E-state index contributed by atoms with van der Waals surface area (Å²) < 4.78 is 1.05. The minimum atomic E-state index is -0.241. The van der Waals surface area contributed by atoms with E-state index in [1.807, 2.05) is 17.0 Å². The van der Waals surface area contributed by atoms with Crippen LogP contribution in [-0.4, -0.2) is 23.9 Å². The average Bonchev–Trinajstić information content (AvgIpc) is 3.16. The number of rotatable bonds is 5. The molecule has 0 unspecified atom stereocenters. The molecule has 1 saturated carbocycles. The van der Waals surface area contributed by atoms with Gasteiger partial charge < -0.3 is 4.90 Å². The van der Waals surface area contributed by atoms with E-state index in [4.69, 9.17) is 0 Å². The van der Waals surface area contributed by atoms with E-state index in [0.717, 1.165) is 36.0 Å². The van der Waals surface area contributed by atoms with E-state index in [2.05, 4.69) is 48.8 Å². The second kappa shape index (κ2) is 5.66. The van der Waals surface area contributed by atoms with Crippen LogP contribution in [0.4, 0.5) is 0 Å². The van der Waals surface area contributed by atoms with Crippen LogP contribution in [0.3, 0.4) is 0 Å². The summed E-state index contributed by atoms with van der Waals surface area (Å²) in [5.74, 6) is 0.823. The van der Waals surface area contributed by atoms with Gasteiger partial charge in [-0.2, -0.15) is 0 Å². The van der Waals surface area contributed by atoms with E-state index in [-0.39, 0.29) is 5.41 Å². The summed E-state index contributed by atoms with van der Waals surface area (Å²) in [6, 6.07) is 8.20. The number of amides is 1. The van der Waals surface area contributed by atoms with Gasteiger partial charge in [-0.25, -0.2) is 0 Å². The molecule has 0 bridgehead atoms. The molecule has 1 aromatic rings. The van der Waals surface area contributed by atoms with Crippen molar-refractivity contribution in [1.82, 2.24) is 4.90 Å². The Balaban J connectivity index is 2.22. The molecule has 0 atom stereocenters. The maximum absolute atomic E-state index is 12.8. The fourth-order valence-corrected chi connectivity index (χ4v) is 3.04. The van der Waals surface area contributed by atoms with Crippen molar-refractivity contribution in [2.75, 3.05) is 13.1 Å². The van der Waals surface area contributed by atoms with Crippen LogP contribution in [0.25, 0.3) is 0 Å². The molecule has 104 valence electrons. The molecule has 1 aromatic carbocycles. The Morgan fingerprint density at radius 3 is 2.58 bits per heavy atom. The molecule has 19 heavy (non-hydrogen) atoms. The topological polar surface area (TPSA) is 20.3 Å². The van der Waals surface area contributed by atoms with Gasteiger partial charge in [-0.05, 0) is 43.4 Å². The van der Waals surface area contributed by atoms with Gasteiger partial charge in [0.05, 0.1) is 5.41 Å². The molecule has 0 N–H and O–H groups in total. The summed E-state index contributed by atoms with van der Waals surface area (Å²) in [4.78, 5) is 14.8. The highest BCUT2D eigenvalue weighted by atomic mass is 79.9. The van der Waals surface area contributed by atoms with Crippen LogP contribution in [0.1, 0.15) is 39.2 Å². The molecule has 0 aromatic heterocycles. The Hall–Kier alpha value is -0.830. The highest BCUT2D eigenvalue weighted by molar-refractivity contribution is 9.10. The van der Waals surface area contributed by atoms with E-state index in [0.29, 0.717) is 11.8 Å². The fraction of sp³-hybridized carbons (Fsp3) is 0.562. The van der Waals surface area contributed by atoms with Crippen LogP contribution in [-0.2, 0) is 10.2 Å². The standard InChI is InChI=1S/C16H22BrNO/c1-4-18(11-12(2)3)15(19)16(8-9-16)13-6-5-7-14(17)10-13/h5-7,10,12H,4,8-9,11H2,1-3H3. The number of benzene rings is 1. The first kappa shape index (κ1) is 14.6. The quantitative estimate of drug-likeness (QED) is 0.802. The SMILES string of the molecule is CCN(CC(C)C)C(=O)C1(c2cccc(Br)c2)CC1. The molecule has 0 aliphatic heterocycles. The summed E-state index contributed by atoms with van der Waals surface area (Å²) in [6.45, 7) is 8.04. The summed E-state index contributed by atoms with van der Waals surface area (Å²) in [6.07, 6.45) is 1.97. The van der Waals surface area contributed by atoms with Crippen molar-refractivity contribution in [3.05, 3.63) is 34.3 Å². The number of halogens is 1. The van der Waals surface area contributed by atoms with Gasteiger partial charge >= 0.3 is 0 Å². The number of likely N-dealkylation sites (N-methyl/N-ethyl adjacent to an activating group) is 1. The number of hydrogen-bond acceptors (Lipinski definition) is 1. The molecular formula is C16H22BrNO. The normalized spacial score (nSPS) is 16.5. The highest BCUT2D eigenvalue weighted by Gasteiger charge is 2.52. The van der Waals surface area contributed by atoms with E-state index < -0.39 is 0 Å². The summed E-state index contributed by atoms with van der Waals surface area (Å²) in [5.41, 5.74) is 0.920. The third-order valence-electron chi connectivity index (χ3n) is 3.79. The Labute approximate surface area is 124 Å².